The molecule has 3 N–H and O–H groups in total. The van der Waals surface area contributed by atoms with E-state index in [2.05, 4.69) is 33.8 Å². The van der Waals surface area contributed by atoms with Crippen LogP contribution in [0.15, 0.2) is 72.1 Å². The Hall–Kier alpha value is -2.93. The number of aliphatic hydroxyl groups excluding tert-OH is 1. The second kappa shape index (κ2) is 9.26. The fraction of sp³-hybridized carbons (Fsp3) is 0.130. The molecule has 0 aliphatic carbocycles. The van der Waals surface area contributed by atoms with Crippen LogP contribution >= 0.6 is 22.9 Å². The number of aliphatic hydroxyl groups is 1. The van der Waals surface area contributed by atoms with Crippen molar-refractivity contribution in [2.24, 2.45) is 0 Å². The molecule has 0 saturated carbocycles. The molecule has 152 valence electrons. The molecular weight excluding hydrogens is 418 g/mol. The molecule has 0 aliphatic heterocycles. The van der Waals surface area contributed by atoms with Crippen molar-refractivity contribution in [2.75, 3.05) is 11.9 Å². The Balaban J connectivity index is 1.45. The van der Waals surface area contributed by atoms with E-state index in [-0.39, 0.29) is 12.5 Å². The van der Waals surface area contributed by atoms with Gasteiger partial charge in [0.2, 0.25) is 5.91 Å². The lowest BCUT2D eigenvalue weighted by Crippen LogP contribution is -2.41. The molecule has 4 aromatic rings. The number of hydrogen-bond acceptors (Lipinski definition) is 5. The summed E-state index contributed by atoms with van der Waals surface area (Å²) in [6.07, 6.45) is 0. The zero-order valence-electron chi connectivity index (χ0n) is 16.0. The van der Waals surface area contributed by atoms with Crippen LogP contribution in [0.25, 0.3) is 22.0 Å². The number of halogens is 1. The molecule has 0 saturated heterocycles. The second-order valence-corrected chi connectivity index (χ2v) is 8.09. The lowest BCUT2D eigenvalue weighted by atomic mass is 10.0. The van der Waals surface area contributed by atoms with Crippen LogP contribution < -0.4 is 10.6 Å². The Bertz CT molecular complexity index is 1170. The molecule has 3 aromatic carbocycles. The van der Waals surface area contributed by atoms with Crippen LogP contribution in [0.4, 0.5) is 5.13 Å². The van der Waals surface area contributed by atoms with Gasteiger partial charge in [0.1, 0.15) is 6.04 Å². The fourth-order valence-electron chi connectivity index (χ4n) is 3.21. The Morgan fingerprint density at radius 1 is 1.10 bits per heavy atom. The minimum Gasteiger partial charge on any atom is -0.394 e. The first kappa shape index (κ1) is 20.3. The summed E-state index contributed by atoms with van der Waals surface area (Å²) in [6.45, 7) is -0.0126. The largest absolute Gasteiger partial charge is 0.394 e. The lowest BCUT2D eigenvalue weighted by Gasteiger charge is -2.15. The third-order valence-corrected chi connectivity index (χ3v) is 5.73. The first-order valence-corrected chi connectivity index (χ1v) is 10.7. The van der Waals surface area contributed by atoms with E-state index in [9.17, 15) is 9.90 Å². The SMILES string of the molecule is O=C(NCc1cccc(Cl)c1)[C@H](CO)Nc1nc(-c2cccc3ccccc23)cs1. The standard InChI is InChI=1S/C23H20ClN3O2S/c24-17-8-3-5-15(11-17)12-25-22(29)20(13-28)26-23-27-21(14-30-23)19-10-4-7-16-6-1-2-9-18(16)19/h1-11,14,20,28H,12-13H2,(H,25,29)(H,26,27)/t20-/m0/s1. The van der Waals surface area contributed by atoms with Crippen LogP contribution in [0.3, 0.4) is 0 Å². The van der Waals surface area contributed by atoms with Gasteiger partial charge in [-0.15, -0.1) is 11.3 Å². The van der Waals surface area contributed by atoms with Crippen molar-refractivity contribution in [2.45, 2.75) is 12.6 Å². The number of benzene rings is 3. The van der Waals surface area contributed by atoms with E-state index in [1.807, 2.05) is 41.8 Å². The molecule has 1 heterocycles. The molecule has 0 unspecified atom stereocenters. The average Bonchev–Trinajstić information content (AvgIpc) is 3.24. The monoisotopic (exact) mass is 437 g/mol. The summed E-state index contributed by atoms with van der Waals surface area (Å²) in [5, 5.41) is 21.0. The van der Waals surface area contributed by atoms with Crippen LogP contribution in [0.1, 0.15) is 5.56 Å². The molecule has 0 bridgehead atoms. The molecule has 1 aromatic heterocycles. The topological polar surface area (TPSA) is 74.2 Å². The molecule has 1 atom stereocenters. The zero-order valence-corrected chi connectivity index (χ0v) is 17.6. The maximum Gasteiger partial charge on any atom is 0.245 e. The zero-order chi connectivity index (χ0) is 20.9. The second-order valence-electron chi connectivity index (χ2n) is 6.79. The number of carbonyl (C=O) groups excluding carboxylic acids is 1. The number of aromatic nitrogens is 1. The van der Waals surface area contributed by atoms with Gasteiger partial charge in [0, 0.05) is 22.5 Å². The van der Waals surface area contributed by atoms with E-state index in [1.54, 1.807) is 12.1 Å². The van der Waals surface area contributed by atoms with Gasteiger partial charge >= 0.3 is 0 Å². The maximum absolute atomic E-state index is 12.5. The Morgan fingerprint density at radius 2 is 1.90 bits per heavy atom. The number of nitrogens with zero attached hydrogens (tertiary/aromatic N) is 1. The van der Waals surface area contributed by atoms with Crippen LogP contribution in [0.2, 0.25) is 5.02 Å². The van der Waals surface area contributed by atoms with Gasteiger partial charge < -0.3 is 15.7 Å². The van der Waals surface area contributed by atoms with Gasteiger partial charge in [0.05, 0.1) is 12.3 Å². The van der Waals surface area contributed by atoms with E-state index in [0.717, 1.165) is 27.6 Å². The Kier molecular flexibility index (Phi) is 6.28. The van der Waals surface area contributed by atoms with Crippen molar-refractivity contribution in [1.29, 1.82) is 0 Å². The minimum atomic E-state index is -0.796. The lowest BCUT2D eigenvalue weighted by molar-refractivity contribution is -0.122. The predicted molar refractivity (Wildman–Crippen MR) is 123 cm³/mol. The highest BCUT2D eigenvalue weighted by Gasteiger charge is 2.19. The highest BCUT2D eigenvalue weighted by Crippen LogP contribution is 2.31. The number of fused-ring (bicyclic) bond motifs is 1. The van der Waals surface area contributed by atoms with Gasteiger partial charge in [-0.05, 0) is 28.5 Å². The number of amides is 1. The smallest absolute Gasteiger partial charge is 0.245 e. The highest BCUT2D eigenvalue weighted by molar-refractivity contribution is 7.14. The molecule has 5 nitrogen and oxygen atoms in total. The van der Waals surface area contributed by atoms with E-state index in [4.69, 9.17) is 11.6 Å². The molecule has 4 rings (SSSR count). The van der Waals surface area contributed by atoms with Gasteiger partial charge in [0.15, 0.2) is 5.13 Å². The molecule has 0 fully saturated rings. The summed E-state index contributed by atoms with van der Waals surface area (Å²) >= 11 is 7.37. The van der Waals surface area contributed by atoms with Gasteiger partial charge in [0.25, 0.3) is 0 Å². The minimum absolute atomic E-state index is 0.306. The quantitative estimate of drug-likeness (QED) is 0.391. The average molecular weight is 438 g/mol. The van der Waals surface area contributed by atoms with Crippen LogP contribution in [-0.2, 0) is 11.3 Å². The van der Waals surface area contributed by atoms with Crippen molar-refractivity contribution in [1.82, 2.24) is 10.3 Å². The third kappa shape index (κ3) is 4.62. The van der Waals surface area contributed by atoms with E-state index in [1.165, 1.54) is 11.3 Å². The summed E-state index contributed by atoms with van der Waals surface area (Å²) < 4.78 is 0. The number of nitrogens with one attached hydrogen (secondary N) is 2. The number of thiazole rings is 1. The van der Waals surface area contributed by atoms with Crippen LogP contribution in [-0.4, -0.2) is 28.6 Å². The summed E-state index contributed by atoms with van der Waals surface area (Å²) in [4.78, 5) is 17.1. The number of carbonyl (C=O) groups is 1. The summed E-state index contributed by atoms with van der Waals surface area (Å²) in [5.74, 6) is -0.306. The van der Waals surface area contributed by atoms with Gasteiger partial charge in [-0.2, -0.15) is 0 Å². The summed E-state index contributed by atoms with van der Waals surface area (Å²) in [5.41, 5.74) is 2.75. The number of hydrogen-bond donors (Lipinski definition) is 3. The molecule has 0 radical (unpaired) electrons. The maximum atomic E-state index is 12.5. The van der Waals surface area contributed by atoms with E-state index < -0.39 is 6.04 Å². The molecule has 1 amide bonds. The van der Waals surface area contributed by atoms with Crippen molar-refractivity contribution >= 4 is 44.7 Å². The highest BCUT2D eigenvalue weighted by atomic mass is 35.5. The normalized spacial score (nSPS) is 11.9. The summed E-state index contributed by atoms with van der Waals surface area (Å²) in [7, 11) is 0. The van der Waals surface area contributed by atoms with Gasteiger partial charge in [-0.1, -0.05) is 66.2 Å². The fourth-order valence-corrected chi connectivity index (χ4v) is 4.19. The van der Waals surface area contributed by atoms with Gasteiger partial charge in [-0.3, -0.25) is 4.79 Å². The van der Waals surface area contributed by atoms with Gasteiger partial charge in [-0.25, -0.2) is 4.98 Å². The molecule has 0 spiro atoms. The predicted octanol–water partition coefficient (Wildman–Crippen LogP) is 4.71. The van der Waals surface area contributed by atoms with E-state index >= 15 is 0 Å². The number of rotatable bonds is 7. The molecular formula is C23H20ClN3O2S. The Labute approximate surface area is 183 Å². The van der Waals surface area contributed by atoms with Crippen molar-refractivity contribution < 1.29 is 9.90 Å². The molecule has 30 heavy (non-hydrogen) atoms. The van der Waals surface area contributed by atoms with Crippen molar-refractivity contribution in [3.8, 4) is 11.3 Å². The number of anilines is 1. The van der Waals surface area contributed by atoms with Crippen molar-refractivity contribution in [3.63, 3.8) is 0 Å². The molecule has 7 heteroatoms. The summed E-state index contributed by atoms with van der Waals surface area (Å²) in [6, 6.07) is 20.7. The van der Waals surface area contributed by atoms with Crippen molar-refractivity contribution in [3.05, 3.63) is 82.7 Å². The first-order valence-electron chi connectivity index (χ1n) is 9.47. The Morgan fingerprint density at radius 3 is 2.73 bits per heavy atom. The van der Waals surface area contributed by atoms with Crippen LogP contribution in [0, 0.1) is 0 Å². The van der Waals surface area contributed by atoms with E-state index in [0.29, 0.717) is 16.7 Å². The third-order valence-electron chi connectivity index (χ3n) is 4.72. The molecule has 0 aliphatic rings. The van der Waals surface area contributed by atoms with Crippen LogP contribution in [0.5, 0.6) is 0 Å². The first-order chi connectivity index (χ1) is 14.6.